The molecule has 0 aliphatic carbocycles. The van der Waals surface area contributed by atoms with Crippen LogP contribution in [-0.4, -0.2) is 87.0 Å². The molecule has 0 radical (unpaired) electrons. The van der Waals surface area contributed by atoms with Gasteiger partial charge in [0.2, 0.25) is 5.91 Å². The molecule has 1 fully saturated rings. The Balaban J connectivity index is 1.36. The topological polar surface area (TPSA) is 65.5 Å². The maximum absolute atomic E-state index is 12.5. The van der Waals surface area contributed by atoms with Gasteiger partial charge in [-0.05, 0) is 36.4 Å². The van der Waals surface area contributed by atoms with Crippen LogP contribution in [0.2, 0.25) is 0 Å². The smallest absolute Gasteiger partial charge is 0.240 e. The van der Waals surface area contributed by atoms with Crippen molar-refractivity contribution in [1.29, 1.82) is 0 Å². The lowest BCUT2D eigenvalue weighted by atomic mass is 10.2. The van der Waals surface area contributed by atoms with Crippen molar-refractivity contribution in [1.82, 2.24) is 9.80 Å². The van der Waals surface area contributed by atoms with Crippen LogP contribution < -0.4 is 14.4 Å². The fraction of sp³-hybridized carbons (Fsp3) is 0.435. The summed E-state index contributed by atoms with van der Waals surface area (Å²) in [7, 11) is 3.43. The Kier molecular flexibility index (Phi) is 8.07. The van der Waals surface area contributed by atoms with Crippen molar-refractivity contribution >= 4 is 11.6 Å². The van der Waals surface area contributed by atoms with Crippen LogP contribution in [0.15, 0.2) is 54.6 Å². The van der Waals surface area contributed by atoms with Crippen LogP contribution in [0.3, 0.4) is 0 Å². The number of hydrogen-bond acceptors (Lipinski definition) is 6. The van der Waals surface area contributed by atoms with E-state index in [-0.39, 0.29) is 12.5 Å². The molecule has 1 aliphatic rings. The van der Waals surface area contributed by atoms with Crippen LogP contribution in [0.4, 0.5) is 5.69 Å². The highest BCUT2D eigenvalue weighted by atomic mass is 16.5. The number of piperazine rings is 1. The molecule has 2 aromatic rings. The number of anilines is 1. The largest absolute Gasteiger partial charge is 0.497 e. The van der Waals surface area contributed by atoms with E-state index in [0.717, 1.165) is 37.6 Å². The highest BCUT2D eigenvalue weighted by Gasteiger charge is 2.22. The van der Waals surface area contributed by atoms with Crippen LogP contribution >= 0.6 is 0 Å². The Labute approximate surface area is 178 Å². The summed E-state index contributed by atoms with van der Waals surface area (Å²) in [6, 6.07) is 17.0. The molecule has 0 bridgehead atoms. The number of amides is 1. The quantitative estimate of drug-likeness (QED) is 0.675. The molecule has 0 saturated carbocycles. The molecular weight excluding hydrogens is 382 g/mol. The Morgan fingerprint density at radius 3 is 2.23 bits per heavy atom. The van der Waals surface area contributed by atoms with Crippen molar-refractivity contribution in [3.63, 3.8) is 0 Å². The number of aliphatic hydroxyl groups excluding tert-OH is 1. The van der Waals surface area contributed by atoms with E-state index < -0.39 is 6.10 Å². The number of methoxy groups -OCH3 is 1. The molecule has 2 aromatic carbocycles. The zero-order chi connectivity index (χ0) is 21.3. The van der Waals surface area contributed by atoms with Gasteiger partial charge in [-0.3, -0.25) is 14.6 Å². The summed E-state index contributed by atoms with van der Waals surface area (Å²) < 4.78 is 10.8. The Morgan fingerprint density at radius 1 is 1.00 bits per heavy atom. The molecule has 30 heavy (non-hydrogen) atoms. The first-order valence-corrected chi connectivity index (χ1v) is 10.3. The summed E-state index contributed by atoms with van der Waals surface area (Å²) in [5.74, 6) is 1.57. The third-order valence-corrected chi connectivity index (χ3v) is 5.31. The average Bonchev–Trinajstić information content (AvgIpc) is 2.79. The van der Waals surface area contributed by atoms with Crippen molar-refractivity contribution in [2.75, 3.05) is 64.9 Å². The SMILES string of the molecule is COc1ccc(OCC(O)CN2CCN(CC(=O)N(C)c3ccccc3)CC2)cc1. The lowest BCUT2D eigenvalue weighted by molar-refractivity contribution is -0.119. The summed E-state index contributed by atoms with van der Waals surface area (Å²) >= 11 is 0. The van der Waals surface area contributed by atoms with E-state index in [1.54, 1.807) is 12.0 Å². The summed E-state index contributed by atoms with van der Waals surface area (Å²) in [4.78, 5) is 18.6. The fourth-order valence-electron chi connectivity index (χ4n) is 3.44. The Bertz CT molecular complexity index is 777. The van der Waals surface area contributed by atoms with Crippen molar-refractivity contribution in [2.45, 2.75) is 6.10 Å². The summed E-state index contributed by atoms with van der Waals surface area (Å²) in [5, 5.41) is 10.3. The maximum Gasteiger partial charge on any atom is 0.240 e. The molecule has 1 amide bonds. The molecule has 1 atom stereocenters. The van der Waals surface area contributed by atoms with Crippen LogP contribution in [0.5, 0.6) is 11.5 Å². The van der Waals surface area contributed by atoms with Gasteiger partial charge in [0.05, 0.1) is 13.7 Å². The monoisotopic (exact) mass is 413 g/mol. The van der Waals surface area contributed by atoms with E-state index in [4.69, 9.17) is 9.47 Å². The van der Waals surface area contributed by atoms with E-state index in [2.05, 4.69) is 9.80 Å². The number of carbonyl (C=O) groups excluding carboxylic acids is 1. The highest BCUT2D eigenvalue weighted by Crippen LogP contribution is 2.17. The average molecular weight is 414 g/mol. The first kappa shape index (κ1) is 22.1. The van der Waals surface area contributed by atoms with Gasteiger partial charge < -0.3 is 19.5 Å². The van der Waals surface area contributed by atoms with E-state index in [1.165, 1.54) is 0 Å². The molecule has 3 rings (SSSR count). The van der Waals surface area contributed by atoms with Gasteiger partial charge in [0.15, 0.2) is 0 Å². The standard InChI is InChI=1S/C23H31N3O4/c1-24(19-6-4-3-5-7-19)23(28)17-26-14-12-25(13-15-26)16-20(27)18-30-22-10-8-21(29-2)9-11-22/h3-11,20,27H,12-18H2,1-2H3. The number of para-hydroxylation sites is 1. The molecule has 162 valence electrons. The van der Waals surface area contributed by atoms with Gasteiger partial charge in [0, 0.05) is 45.5 Å². The summed E-state index contributed by atoms with van der Waals surface area (Å²) in [5.41, 5.74) is 0.904. The number of carbonyl (C=O) groups is 1. The van der Waals surface area contributed by atoms with Crippen LogP contribution in [0.1, 0.15) is 0 Å². The number of aliphatic hydroxyl groups is 1. The number of nitrogens with zero attached hydrogens (tertiary/aromatic N) is 3. The molecule has 1 unspecified atom stereocenters. The minimum absolute atomic E-state index is 0.0857. The molecule has 1 saturated heterocycles. The molecule has 1 aliphatic heterocycles. The lowest BCUT2D eigenvalue weighted by Gasteiger charge is -2.35. The summed E-state index contributed by atoms with van der Waals surface area (Å²) in [6.45, 7) is 4.46. The van der Waals surface area contributed by atoms with Gasteiger partial charge in [-0.2, -0.15) is 0 Å². The Morgan fingerprint density at radius 2 is 1.60 bits per heavy atom. The zero-order valence-corrected chi connectivity index (χ0v) is 17.7. The predicted octanol–water partition coefficient (Wildman–Crippen LogP) is 1.72. The van der Waals surface area contributed by atoms with Gasteiger partial charge >= 0.3 is 0 Å². The van der Waals surface area contributed by atoms with E-state index in [9.17, 15) is 9.90 Å². The number of ether oxygens (including phenoxy) is 2. The minimum Gasteiger partial charge on any atom is -0.497 e. The normalized spacial score (nSPS) is 16.1. The number of likely N-dealkylation sites (N-methyl/N-ethyl adjacent to an activating group) is 1. The molecule has 1 heterocycles. The minimum atomic E-state index is -0.565. The second-order valence-electron chi connectivity index (χ2n) is 7.51. The van der Waals surface area contributed by atoms with Crippen molar-refractivity contribution < 1.29 is 19.4 Å². The number of hydrogen-bond donors (Lipinski definition) is 1. The van der Waals surface area contributed by atoms with Gasteiger partial charge in [-0.1, -0.05) is 18.2 Å². The summed E-state index contributed by atoms with van der Waals surface area (Å²) in [6.07, 6.45) is -0.565. The molecule has 7 nitrogen and oxygen atoms in total. The van der Waals surface area contributed by atoms with Gasteiger partial charge in [-0.15, -0.1) is 0 Å². The van der Waals surface area contributed by atoms with Gasteiger partial charge in [0.1, 0.15) is 24.2 Å². The van der Waals surface area contributed by atoms with E-state index in [1.807, 2.05) is 61.6 Å². The van der Waals surface area contributed by atoms with Gasteiger partial charge in [-0.25, -0.2) is 0 Å². The molecule has 7 heteroatoms. The highest BCUT2D eigenvalue weighted by molar-refractivity contribution is 5.94. The van der Waals surface area contributed by atoms with Gasteiger partial charge in [0.25, 0.3) is 0 Å². The first-order valence-electron chi connectivity index (χ1n) is 10.3. The predicted molar refractivity (Wildman–Crippen MR) is 117 cm³/mol. The third-order valence-electron chi connectivity index (χ3n) is 5.31. The fourth-order valence-corrected chi connectivity index (χ4v) is 3.44. The second kappa shape index (κ2) is 11.0. The number of β-amino-alcohol motifs (C(OH)–C–C–N with tert-alkyl or cyclic N) is 1. The maximum atomic E-state index is 12.5. The van der Waals surface area contributed by atoms with Crippen molar-refractivity contribution in [3.8, 4) is 11.5 Å². The van der Waals surface area contributed by atoms with E-state index in [0.29, 0.717) is 18.8 Å². The van der Waals surface area contributed by atoms with Crippen LogP contribution in [0.25, 0.3) is 0 Å². The second-order valence-corrected chi connectivity index (χ2v) is 7.51. The molecule has 0 spiro atoms. The third kappa shape index (κ3) is 6.45. The van der Waals surface area contributed by atoms with Crippen molar-refractivity contribution in [2.24, 2.45) is 0 Å². The zero-order valence-electron chi connectivity index (χ0n) is 17.7. The number of benzene rings is 2. The molecule has 0 aromatic heterocycles. The molecular formula is C23H31N3O4. The van der Waals surface area contributed by atoms with Crippen LogP contribution in [0, 0.1) is 0 Å². The Hall–Kier alpha value is -2.61. The van der Waals surface area contributed by atoms with Crippen molar-refractivity contribution in [3.05, 3.63) is 54.6 Å². The molecule has 1 N–H and O–H groups in total. The van der Waals surface area contributed by atoms with E-state index >= 15 is 0 Å². The van der Waals surface area contributed by atoms with Crippen LogP contribution in [-0.2, 0) is 4.79 Å². The lowest BCUT2D eigenvalue weighted by Crippen LogP contribution is -2.51. The first-order chi connectivity index (χ1) is 14.5. The number of rotatable bonds is 9.